The van der Waals surface area contributed by atoms with E-state index in [-0.39, 0.29) is 22.5 Å². The van der Waals surface area contributed by atoms with Crippen molar-refractivity contribution in [3.63, 3.8) is 0 Å². The maximum absolute atomic E-state index is 12.1. The topological polar surface area (TPSA) is 63.0 Å². The number of Topliss-reactive ketones (excluding diaryl/α,β-unsaturated/α-hetero) is 1. The van der Waals surface area contributed by atoms with Gasteiger partial charge in [-0.25, -0.2) is 0 Å². The molecule has 1 aromatic heterocycles. The molecule has 0 amide bonds. The molecule has 0 aromatic carbocycles. The predicted octanol–water partition coefficient (Wildman–Crippen LogP) is 4.21. The monoisotopic (exact) mass is 370 g/mol. The Hall–Kier alpha value is -1.13. The van der Waals surface area contributed by atoms with Crippen LogP contribution in [0.1, 0.15) is 70.8 Å². The minimum absolute atomic E-state index is 0.167. The Morgan fingerprint density at radius 1 is 1.15 bits per heavy atom. The van der Waals surface area contributed by atoms with Gasteiger partial charge >= 0.3 is 0 Å². The number of epoxide rings is 1. The number of fused-ring (bicyclic) bond motifs is 3. The third-order valence-corrected chi connectivity index (χ3v) is 10.0. The van der Waals surface area contributed by atoms with Crippen LogP contribution in [0.4, 0.5) is 0 Å². The van der Waals surface area contributed by atoms with Crippen molar-refractivity contribution in [3.05, 3.63) is 24.2 Å². The van der Waals surface area contributed by atoms with Gasteiger partial charge in [0, 0.05) is 30.2 Å². The second-order valence-corrected chi connectivity index (χ2v) is 10.6. The quantitative estimate of drug-likeness (QED) is 0.752. The van der Waals surface area contributed by atoms with E-state index in [1.54, 1.807) is 12.5 Å². The summed E-state index contributed by atoms with van der Waals surface area (Å²) in [7, 11) is 0. The summed E-state index contributed by atoms with van der Waals surface area (Å²) in [5, 5.41) is 11.8. The highest BCUT2D eigenvalue weighted by atomic mass is 16.6. The number of hydrogen-bond donors (Lipinski definition) is 1. The number of furan rings is 1. The second-order valence-electron chi connectivity index (χ2n) is 10.6. The van der Waals surface area contributed by atoms with Gasteiger partial charge in [-0.1, -0.05) is 13.8 Å². The molecule has 4 heteroatoms. The Balaban J connectivity index is 1.40. The Kier molecular flexibility index (Phi) is 3.04. The van der Waals surface area contributed by atoms with Crippen LogP contribution in [-0.4, -0.2) is 22.6 Å². The van der Waals surface area contributed by atoms with E-state index in [1.165, 1.54) is 0 Å². The van der Waals surface area contributed by atoms with Gasteiger partial charge in [0.1, 0.15) is 17.0 Å². The van der Waals surface area contributed by atoms with E-state index in [2.05, 4.69) is 13.8 Å². The Morgan fingerprint density at radius 3 is 2.78 bits per heavy atom. The maximum atomic E-state index is 12.1. The van der Waals surface area contributed by atoms with Crippen molar-refractivity contribution >= 4 is 5.78 Å². The Labute approximate surface area is 160 Å². The maximum Gasteiger partial charge on any atom is 0.133 e. The van der Waals surface area contributed by atoms with E-state index in [0.717, 1.165) is 50.5 Å². The number of ether oxygens (including phenoxy) is 1. The summed E-state index contributed by atoms with van der Waals surface area (Å²) in [4.78, 5) is 12.1. The van der Waals surface area contributed by atoms with E-state index in [1.807, 2.05) is 6.07 Å². The van der Waals surface area contributed by atoms with Crippen LogP contribution in [0.2, 0.25) is 0 Å². The fraction of sp³-hybridized carbons (Fsp3) is 0.783. The van der Waals surface area contributed by atoms with E-state index in [4.69, 9.17) is 9.15 Å². The summed E-state index contributed by atoms with van der Waals surface area (Å²) in [6.07, 6.45) is 11.2. The van der Waals surface area contributed by atoms with Crippen molar-refractivity contribution in [1.29, 1.82) is 0 Å². The third-order valence-electron chi connectivity index (χ3n) is 10.0. The highest BCUT2D eigenvalue weighted by Gasteiger charge is 2.84. The Bertz CT molecular complexity index is 801. The third kappa shape index (κ3) is 1.72. The molecule has 0 radical (unpaired) electrons. The van der Waals surface area contributed by atoms with Crippen LogP contribution in [0, 0.1) is 28.6 Å². The van der Waals surface area contributed by atoms with Crippen molar-refractivity contribution in [1.82, 2.24) is 0 Å². The van der Waals surface area contributed by atoms with Crippen molar-refractivity contribution in [2.45, 2.75) is 82.5 Å². The molecule has 6 rings (SSSR count). The van der Waals surface area contributed by atoms with Crippen molar-refractivity contribution in [2.24, 2.45) is 28.6 Å². The number of aliphatic hydroxyl groups is 1. The average molecular weight is 370 g/mol. The van der Waals surface area contributed by atoms with E-state index >= 15 is 0 Å². The van der Waals surface area contributed by atoms with Crippen LogP contribution >= 0.6 is 0 Å². The summed E-state index contributed by atoms with van der Waals surface area (Å²) < 4.78 is 11.8. The zero-order valence-corrected chi connectivity index (χ0v) is 16.4. The lowest BCUT2D eigenvalue weighted by Gasteiger charge is -2.61. The molecule has 4 aliphatic carbocycles. The molecule has 27 heavy (non-hydrogen) atoms. The summed E-state index contributed by atoms with van der Waals surface area (Å²) in [6, 6.07) is 1.93. The van der Waals surface area contributed by atoms with E-state index in [0.29, 0.717) is 30.0 Å². The molecular formula is C23H30O4. The van der Waals surface area contributed by atoms with Gasteiger partial charge in [0.15, 0.2) is 0 Å². The molecule has 3 unspecified atom stereocenters. The molecule has 0 bridgehead atoms. The number of hydrogen-bond acceptors (Lipinski definition) is 4. The van der Waals surface area contributed by atoms with Crippen LogP contribution < -0.4 is 0 Å². The summed E-state index contributed by atoms with van der Waals surface area (Å²) in [6.45, 7) is 4.72. The number of carbonyl (C=O) groups excluding carboxylic acids is 1. The van der Waals surface area contributed by atoms with Crippen LogP contribution in [-0.2, 0) is 15.1 Å². The largest absolute Gasteiger partial charge is 0.472 e. The molecule has 2 heterocycles. The van der Waals surface area contributed by atoms with Gasteiger partial charge in [-0.05, 0) is 61.3 Å². The first-order chi connectivity index (χ1) is 12.9. The first-order valence-electron chi connectivity index (χ1n) is 10.8. The van der Waals surface area contributed by atoms with Crippen molar-refractivity contribution in [3.8, 4) is 0 Å². The molecular weight excluding hydrogens is 340 g/mol. The molecule has 1 aliphatic heterocycles. The molecule has 4 saturated carbocycles. The van der Waals surface area contributed by atoms with E-state index in [9.17, 15) is 9.90 Å². The SMILES string of the molecule is C[C@]12CCC(=O)CC1CC[C@@H]1[C@H]2CC[C@]2(C)C(O)(c3ccoc3)CC3O[C@]312. The fourth-order valence-electron chi connectivity index (χ4n) is 8.44. The standard InChI is InChI=1S/C23H30O4/c1-20-8-5-16(24)11-14(20)3-4-18-17(20)6-9-21(2)22(25,15-7-10-26-13-15)12-19-23(18,21)27-19/h7,10,13-14,17-19,25H,3-6,8-9,11-12H2,1-2H3/t14?,17-,18-,19?,20+,21-,22?,23+/m1/s1. The lowest BCUT2D eigenvalue weighted by atomic mass is 9.43. The molecule has 4 nitrogen and oxygen atoms in total. The lowest BCUT2D eigenvalue weighted by Crippen LogP contribution is -2.61. The van der Waals surface area contributed by atoms with Crippen molar-refractivity contribution < 1.29 is 19.1 Å². The minimum atomic E-state index is -0.853. The Morgan fingerprint density at radius 2 is 2.00 bits per heavy atom. The summed E-state index contributed by atoms with van der Waals surface area (Å²) in [5.74, 6) is 2.14. The smallest absolute Gasteiger partial charge is 0.133 e. The van der Waals surface area contributed by atoms with Gasteiger partial charge in [0.2, 0.25) is 0 Å². The molecule has 146 valence electrons. The number of rotatable bonds is 1. The average Bonchev–Trinajstić information content (AvgIpc) is 3.03. The zero-order chi connectivity index (χ0) is 18.7. The van der Waals surface area contributed by atoms with Gasteiger partial charge in [-0.2, -0.15) is 0 Å². The van der Waals surface area contributed by atoms with Crippen molar-refractivity contribution in [2.75, 3.05) is 0 Å². The predicted molar refractivity (Wildman–Crippen MR) is 98.8 cm³/mol. The summed E-state index contributed by atoms with van der Waals surface area (Å²) in [5.41, 5.74) is -0.115. The van der Waals surface area contributed by atoms with E-state index < -0.39 is 5.60 Å². The highest BCUT2D eigenvalue weighted by molar-refractivity contribution is 5.79. The first-order valence-corrected chi connectivity index (χ1v) is 10.8. The highest BCUT2D eigenvalue weighted by Crippen LogP contribution is 2.78. The van der Waals surface area contributed by atoms with Gasteiger partial charge in [-0.15, -0.1) is 0 Å². The van der Waals surface area contributed by atoms with Gasteiger partial charge in [-0.3, -0.25) is 4.79 Å². The number of ketones is 1. The number of carbonyl (C=O) groups is 1. The minimum Gasteiger partial charge on any atom is -0.472 e. The van der Waals surface area contributed by atoms with Gasteiger partial charge in [0.25, 0.3) is 0 Å². The zero-order valence-electron chi connectivity index (χ0n) is 16.4. The van der Waals surface area contributed by atoms with Gasteiger partial charge in [0.05, 0.1) is 18.6 Å². The normalized spacial score (nSPS) is 56.0. The lowest BCUT2D eigenvalue weighted by molar-refractivity contribution is -0.190. The summed E-state index contributed by atoms with van der Waals surface area (Å²) >= 11 is 0. The molecule has 1 saturated heterocycles. The van der Waals surface area contributed by atoms with Crippen LogP contribution in [0.15, 0.2) is 23.0 Å². The molecule has 1 spiro atoms. The fourth-order valence-corrected chi connectivity index (χ4v) is 8.44. The van der Waals surface area contributed by atoms with Gasteiger partial charge < -0.3 is 14.3 Å². The molecule has 5 fully saturated rings. The van der Waals surface area contributed by atoms with Crippen LogP contribution in [0.3, 0.4) is 0 Å². The molecule has 8 atom stereocenters. The second kappa shape index (κ2) is 4.88. The first kappa shape index (κ1) is 16.8. The molecule has 1 N–H and O–H groups in total. The molecule has 1 aromatic rings. The molecule has 5 aliphatic rings. The van der Waals surface area contributed by atoms with Crippen LogP contribution in [0.5, 0.6) is 0 Å². The van der Waals surface area contributed by atoms with Crippen LogP contribution in [0.25, 0.3) is 0 Å².